The number of aryl methyl sites for hydroxylation is 4. The highest BCUT2D eigenvalue weighted by molar-refractivity contribution is 7.99. The van der Waals surface area contributed by atoms with Gasteiger partial charge in [0, 0.05) is 78.1 Å². The topological polar surface area (TPSA) is 127 Å². The van der Waals surface area contributed by atoms with Crippen LogP contribution in [0.5, 0.6) is 0 Å². The first kappa shape index (κ1) is 38.3. The summed E-state index contributed by atoms with van der Waals surface area (Å²) in [5, 5.41) is 19.6. The van der Waals surface area contributed by atoms with Crippen molar-refractivity contribution in [3.05, 3.63) is 69.3 Å². The van der Waals surface area contributed by atoms with Crippen LogP contribution in [0.15, 0.2) is 24.3 Å². The van der Waals surface area contributed by atoms with Gasteiger partial charge in [-0.1, -0.05) is 20.8 Å². The molecule has 3 aromatic rings. The van der Waals surface area contributed by atoms with E-state index in [-0.39, 0.29) is 35.9 Å². The van der Waals surface area contributed by atoms with Gasteiger partial charge in [0.25, 0.3) is 0 Å². The fourth-order valence-electron chi connectivity index (χ4n) is 8.18. The van der Waals surface area contributed by atoms with Crippen LogP contribution in [0, 0.1) is 20.8 Å². The third kappa shape index (κ3) is 7.91. The molecule has 0 radical (unpaired) electrons. The van der Waals surface area contributed by atoms with Crippen molar-refractivity contribution in [3.63, 3.8) is 0 Å². The molecule has 1 amide bonds. The molecule has 8 bridgehead atoms. The molecular formula is C42H57N5O4S. The van der Waals surface area contributed by atoms with Gasteiger partial charge in [-0.3, -0.25) is 9.78 Å². The number of aromatic amines is 2. The van der Waals surface area contributed by atoms with E-state index in [0.717, 1.165) is 81.0 Å². The fourth-order valence-corrected chi connectivity index (χ4v) is 9.34. The lowest BCUT2D eigenvalue weighted by Gasteiger charge is -2.32. The van der Waals surface area contributed by atoms with Crippen molar-refractivity contribution in [1.29, 1.82) is 0 Å². The van der Waals surface area contributed by atoms with Gasteiger partial charge in [-0.15, -0.1) is 11.8 Å². The molecule has 3 aliphatic rings. The van der Waals surface area contributed by atoms with E-state index in [1.54, 1.807) is 11.8 Å². The number of rotatable bonds is 11. The molecule has 3 aliphatic heterocycles. The number of aliphatic hydroxyl groups excluding tert-OH is 2. The molecule has 6 rings (SSSR count). The van der Waals surface area contributed by atoms with Crippen molar-refractivity contribution in [2.45, 2.75) is 123 Å². The number of nitrogens with zero attached hydrogens (tertiary/aromatic N) is 3. The van der Waals surface area contributed by atoms with Crippen LogP contribution in [-0.4, -0.2) is 84.6 Å². The summed E-state index contributed by atoms with van der Waals surface area (Å²) in [6.45, 7) is 15.9. The second kappa shape index (κ2) is 16.3. The average Bonchev–Trinajstić information content (AvgIpc) is 3.82. The zero-order valence-corrected chi connectivity index (χ0v) is 33.0. The smallest absolute Gasteiger partial charge is 0.222 e. The Balaban J connectivity index is 1.28. The van der Waals surface area contributed by atoms with E-state index in [0.29, 0.717) is 32.2 Å². The van der Waals surface area contributed by atoms with Gasteiger partial charge in [0.2, 0.25) is 5.91 Å². The van der Waals surface area contributed by atoms with E-state index in [1.165, 1.54) is 22.3 Å². The summed E-state index contributed by atoms with van der Waals surface area (Å²) < 4.78 is 5.88. The van der Waals surface area contributed by atoms with Gasteiger partial charge in [-0.25, -0.2) is 4.98 Å². The maximum atomic E-state index is 13.5. The number of hydrogen-bond acceptors (Lipinski definition) is 7. The van der Waals surface area contributed by atoms with E-state index < -0.39 is 6.10 Å². The van der Waals surface area contributed by atoms with Crippen LogP contribution < -0.4 is 0 Å². The normalized spacial score (nSPS) is 21.9. The Labute approximate surface area is 312 Å². The number of allylic oxidation sites excluding steroid dienone is 2. The summed E-state index contributed by atoms with van der Waals surface area (Å²) in [7, 11) is 1.89. The van der Waals surface area contributed by atoms with Gasteiger partial charge >= 0.3 is 0 Å². The highest BCUT2D eigenvalue weighted by atomic mass is 32.2. The molecule has 0 aliphatic carbocycles. The Hall–Kier alpha value is -3.44. The minimum Gasteiger partial charge on any atom is -0.394 e. The lowest BCUT2D eigenvalue weighted by molar-refractivity contribution is -0.130. The van der Waals surface area contributed by atoms with Crippen LogP contribution in [0.25, 0.3) is 33.2 Å². The molecule has 10 heteroatoms. The molecule has 5 atom stereocenters. The minimum atomic E-state index is -0.441. The number of fused-ring (bicyclic) bond motifs is 8. The molecule has 0 saturated carbocycles. The Morgan fingerprint density at radius 1 is 0.962 bits per heavy atom. The Kier molecular flexibility index (Phi) is 12.0. The maximum absolute atomic E-state index is 13.5. The molecule has 0 spiro atoms. The monoisotopic (exact) mass is 727 g/mol. The predicted octanol–water partition coefficient (Wildman–Crippen LogP) is 8.25. The Morgan fingerprint density at radius 2 is 1.69 bits per heavy atom. The van der Waals surface area contributed by atoms with Crippen molar-refractivity contribution in [3.8, 4) is 0 Å². The van der Waals surface area contributed by atoms with Gasteiger partial charge < -0.3 is 29.8 Å². The first-order valence-electron chi connectivity index (χ1n) is 19.1. The summed E-state index contributed by atoms with van der Waals surface area (Å²) in [5.41, 5.74) is 15.6. The maximum Gasteiger partial charge on any atom is 0.222 e. The molecule has 9 nitrogen and oxygen atoms in total. The summed E-state index contributed by atoms with van der Waals surface area (Å²) in [6.07, 6.45) is 4.12. The molecule has 6 heterocycles. The summed E-state index contributed by atoms with van der Waals surface area (Å²) in [6, 6.07) is 8.85. The number of amides is 1. The van der Waals surface area contributed by atoms with Crippen LogP contribution >= 0.6 is 11.8 Å². The quantitative estimate of drug-likeness (QED) is 0.147. The highest BCUT2D eigenvalue weighted by Gasteiger charge is 2.32. The number of carbonyl (C=O) groups excluding carboxylic acids is 1. The number of hydrogen-bond donors (Lipinski definition) is 4. The van der Waals surface area contributed by atoms with Crippen LogP contribution in [0.4, 0.5) is 0 Å². The lowest BCUT2D eigenvalue weighted by atomic mass is 9.86. The molecule has 280 valence electrons. The first-order chi connectivity index (χ1) is 24.9. The number of nitrogens with one attached hydrogen (secondary N) is 2. The lowest BCUT2D eigenvalue weighted by Crippen LogP contribution is -2.36. The molecule has 0 aromatic carbocycles. The van der Waals surface area contributed by atoms with E-state index in [4.69, 9.17) is 14.7 Å². The standard InChI is InChI=1S/C42H57N5O4S/c1-9-30-25(5)36-21-39-31(10-2)24(4)35(44-39)20-37-26(6)32(42(46-37)27(7)34-16-23(3)33(43-34)19-38(30)45-36)12-13-40(50)47(8)14-11-15-52-41-18-28(49)17-29(22-48)51-41/h16,19-21,26,28-29,32,41,43-44,48-49H,9-15,17-18,22H2,1-8H3/t26?,28?,29?,32-,41?/m0/s1. The van der Waals surface area contributed by atoms with Crippen LogP contribution in [0.2, 0.25) is 0 Å². The van der Waals surface area contributed by atoms with Gasteiger partial charge in [0.1, 0.15) is 5.44 Å². The fraction of sp³-hybridized carbons (Fsp3) is 0.548. The van der Waals surface area contributed by atoms with Crippen LogP contribution in [0.3, 0.4) is 0 Å². The van der Waals surface area contributed by atoms with Crippen molar-refractivity contribution in [2.24, 2.45) is 0 Å². The van der Waals surface area contributed by atoms with E-state index in [9.17, 15) is 15.0 Å². The number of H-pyrrole nitrogens is 2. The van der Waals surface area contributed by atoms with Crippen molar-refractivity contribution >= 4 is 50.9 Å². The second-order valence-corrected chi connectivity index (χ2v) is 16.2. The molecule has 52 heavy (non-hydrogen) atoms. The Morgan fingerprint density at radius 3 is 2.42 bits per heavy atom. The van der Waals surface area contributed by atoms with Crippen molar-refractivity contribution < 1.29 is 19.7 Å². The van der Waals surface area contributed by atoms with Gasteiger partial charge in [0.05, 0.1) is 30.2 Å². The largest absolute Gasteiger partial charge is 0.394 e. The minimum absolute atomic E-state index is 0.0750. The average molecular weight is 728 g/mol. The summed E-state index contributed by atoms with van der Waals surface area (Å²) in [5.74, 6) is 1.19. The molecule has 1 saturated heterocycles. The SMILES string of the molecule is CCC1=C(C)c2cc3[nH]c(cc4nc(c(C)c5cc(C)c(cc1n2)[nH]5)[C@@H](CCC(=O)N(C)CCCSC1CC(O)CC(CO)O1)C4C)c(C)c3CC. The molecule has 4 unspecified atom stereocenters. The second-order valence-electron chi connectivity index (χ2n) is 15.0. The molecule has 1 fully saturated rings. The molecular weight excluding hydrogens is 671 g/mol. The number of aromatic nitrogens is 4. The van der Waals surface area contributed by atoms with E-state index in [2.05, 4.69) is 82.7 Å². The third-order valence-corrected chi connectivity index (χ3v) is 12.7. The summed E-state index contributed by atoms with van der Waals surface area (Å²) >= 11 is 1.65. The number of carbonyl (C=O) groups is 1. The van der Waals surface area contributed by atoms with Gasteiger partial charge in [-0.2, -0.15) is 0 Å². The van der Waals surface area contributed by atoms with E-state index in [1.807, 2.05) is 11.9 Å². The van der Waals surface area contributed by atoms with Gasteiger partial charge in [0.15, 0.2) is 0 Å². The van der Waals surface area contributed by atoms with Crippen molar-refractivity contribution in [2.75, 3.05) is 26.0 Å². The van der Waals surface area contributed by atoms with E-state index >= 15 is 0 Å². The molecule has 3 aromatic heterocycles. The number of aliphatic hydroxyl groups is 2. The first-order valence-corrected chi connectivity index (χ1v) is 20.2. The molecule has 4 N–H and O–H groups in total. The zero-order valence-electron chi connectivity index (χ0n) is 32.2. The predicted molar refractivity (Wildman–Crippen MR) is 213 cm³/mol. The summed E-state index contributed by atoms with van der Waals surface area (Å²) in [4.78, 5) is 33.3. The van der Waals surface area contributed by atoms with Crippen LogP contribution in [-0.2, 0) is 16.0 Å². The highest BCUT2D eigenvalue weighted by Crippen LogP contribution is 2.42. The number of thioether (sulfide) groups is 1. The zero-order chi connectivity index (χ0) is 37.3. The Bertz CT molecular complexity index is 2000. The third-order valence-electron chi connectivity index (χ3n) is 11.5. The van der Waals surface area contributed by atoms with Crippen LogP contribution in [0.1, 0.15) is 123 Å². The number of ether oxygens (including phenoxy) is 1. The van der Waals surface area contributed by atoms with Gasteiger partial charge in [-0.05, 0) is 117 Å². The van der Waals surface area contributed by atoms with Crippen molar-refractivity contribution in [1.82, 2.24) is 24.8 Å².